The molecule has 2 aromatic rings. The van der Waals surface area contributed by atoms with Crippen molar-refractivity contribution < 1.29 is 9.53 Å². The Balaban J connectivity index is 1.90. The normalized spacial score (nSPS) is 11.2. The van der Waals surface area contributed by atoms with Gasteiger partial charge in [0.2, 0.25) is 0 Å². The first-order chi connectivity index (χ1) is 10.9. The number of halogens is 1. The van der Waals surface area contributed by atoms with E-state index < -0.39 is 0 Å². The molecule has 2 aromatic carbocycles. The van der Waals surface area contributed by atoms with E-state index in [2.05, 4.69) is 32.5 Å². The van der Waals surface area contributed by atoms with Crippen LogP contribution in [0.25, 0.3) is 0 Å². The quantitative estimate of drug-likeness (QED) is 0.635. The molecule has 0 aromatic heterocycles. The van der Waals surface area contributed by atoms with Crippen molar-refractivity contribution in [1.29, 1.82) is 0 Å². The second-order valence-corrected chi connectivity index (χ2v) is 6.27. The third-order valence-corrected chi connectivity index (χ3v) is 3.65. The van der Waals surface area contributed by atoms with Gasteiger partial charge < -0.3 is 4.74 Å². The second kappa shape index (κ2) is 7.92. The van der Waals surface area contributed by atoms with Crippen LogP contribution in [0, 0.1) is 13.8 Å². The highest BCUT2D eigenvalue weighted by molar-refractivity contribution is 9.10. The summed E-state index contributed by atoms with van der Waals surface area (Å²) in [6.07, 6.45) is 0. The largest absolute Gasteiger partial charge is 0.484 e. The van der Waals surface area contributed by atoms with Crippen LogP contribution in [0.15, 0.2) is 52.0 Å². The van der Waals surface area contributed by atoms with Crippen LogP contribution in [0.1, 0.15) is 23.6 Å². The molecule has 0 heterocycles. The number of nitrogens with zero attached hydrogens (tertiary/aromatic N) is 1. The van der Waals surface area contributed by atoms with E-state index in [1.165, 1.54) is 0 Å². The van der Waals surface area contributed by atoms with Crippen LogP contribution in [-0.4, -0.2) is 18.2 Å². The topological polar surface area (TPSA) is 50.7 Å². The monoisotopic (exact) mass is 374 g/mol. The van der Waals surface area contributed by atoms with Gasteiger partial charge in [-0.25, -0.2) is 5.43 Å². The Bertz CT molecular complexity index is 721. The molecule has 0 aliphatic rings. The molecule has 0 spiro atoms. The summed E-state index contributed by atoms with van der Waals surface area (Å²) in [7, 11) is 0. The van der Waals surface area contributed by atoms with Gasteiger partial charge >= 0.3 is 0 Å². The molecule has 0 aliphatic carbocycles. The molecule has 4 nitrogen and oxygen atoms in total. The van der Waals surface area contributed by atoms with Gasteiger partial charge in [-0.2, -0.15) is 5.10 Å². The molecule has 1 amide bonds. The molecule has 0 saturated heterocycles. The molecule has 0 saturated carbocycles. The number of hydrogen-bond acceptors (Lipinski definition) is 3. The van der Waals surface area contributed by atoms with E-state index >= 15 is 0 Å². The maximum Gasteiger partial charge on any atom is 0.277 e. The number of aryl methyl sites for hydroxylation is 2. The molecular formula is C18H19BrN2O2. The number of carbonyl (C=O) groups is 1. The number of amides is 1. The van der Waals surface area contributed by atoms with Gasteiger partial charge in [-0.05, 0) is 61.7 Å². The summed E-state index contributed by atoms with van der Waals surface area (Å²) in [5.74, 6) is 0.392. The highest BCUT2D eigenvalue weighted by Crippen LogP contribution is 2.16. The summed E-state index contributed by atoms with van der Waals surface area (Å²) in [6, 6.07) is 13.6. The molecule has 0 radical (unpaired) electrons. The molecule has 23 heavy (non-hydrogen) atoms. The maximum atomic E-state index is 11.8. The first-order valence-electron chi connectivity index (χ1n) is 7.24. The first kappa shape index (κ1) is 17.2. The Morgan fingerprint density at radius 1 is 1.17 bits per heavy atom. The molecule has 0 aliphatic heterocycles. The van der Waals surface area contributed by atoms with E-state index in [-0.39, 0.29) is 12.5 Å². The van der Waals surface area contributed by atoms with Crippen molar-refractivity contribution in [2.24, 2.45) is 5.10 Å². The smallest absolute Gasteiger partial charge is 0.277 e. The zero-order valence-electron chi connectivity index (χ0n) is 13.4. The number of hydrogen-bond donors (Lipinski definition) is 1. The van der Waals surface area contributed by atoms with Crippen LogP contribution in [-0.2, 0) is 4.79 Å². The zero-order chi connectivity index (χ0) is 16.8. The minimum Gasteiger partial charge on any atom is -0.484 e. The molecule has 0 unspecified atom stereocenters. The summed E-state index contributed by atoms with van der Waals surface area (Å²) >= 11 is 3.41. The molecule has 120 valence electrons. The van der Waals surface area contributed by atoms with Crippen LogP contribution < -0.4 is 10.2 Å². The lowest BCUT2D eigenvalue weighted by atomic mass is 10.1. The van der Waals surface area contributed by atoms with Gasteiger partial charge in [0, 0.05) is 4.47 Å². The fourth-order valence-electron chi connectivity index (χ4n) is 2.12. The zero-order valence-corrected chi connectivity index (χ0v) is 15.0. The van der Waals surface area contributed by atoms with Crippen molar-refractivity contribution in [3.05, 3.63) is 63.6 Å². The average Bonchev–Trinajstić information content (AvgIpc) is 2.49. The minimum atomic E-state index is -0.293. The first-order valence-corrected chi connectivity index (χ1v) is 8.03. The molecular weight excluding hydrogens is 356 g/mol. The van der Waals surface area contributed by atoms with Crippen molar-refractivity contribution >= 4 is 27.5 Å². The summed E-state index contributed by atoms with van der Waals surface area (Å²) in [6.45, 7) is 5.75. The lowest BCUT2D eigenvalue weighted by Crippen LogP contribution is -2.25. The molecule has 1 N–H and O–H groups in total. The Morgan fingerprint density at radius 3 is 2.52 bits per heavy atom. The van der Waals surface area contributed by atoms with E-state index in [9.17, 15) is 4.79 Å². The summed E-state index contributed by atoms with van der Waals surface area (Å²) < 4.78 is 6.46. The predicted octanol–water partition coefficient (Wildman–Crippen LogP) is 3.99. The lowest BCUT2D eigenvalue weighted by molar-refractivity contribution is -0.123. The molecule has 0 atom stereocenters. The van der Waals surface area contributed by atoms with E-state index in [1.54, 1.807) is 0 Å². The molecule has 2 rings (SSSR count). The van der Waals surface area contributed by atoms with E-state index in [4.69, 9.17) is 4.74 Å². The number of rotatable bonds is 5. The van der Waals surface area contributed by atoms with Gasteiger partial charge in [-0.1, -0.05) is 34.1 Å². The highest BCUT2D eigenvalue weighted by Gasteiger charge is 2.04. The van der Waals surface area contributed by atoms with Crippen LogP contribution in [0.4, 0.5) is 0 Å². The van der Waals surface area contributed by atoms with Crippen LogP contribution in [0.3, 0.4) is 0 Å². The Hall–Kier alpha value is -2.14. The van der Waals surface area contributed by atoms with E-state index in [1.807, 2.05) is 57.2 Å². The van der Waals surface area contributed by atoms with Crippen molar-refractivity contribution in [3.8, 4) is 5.75 Å². The summed E-state index contributed by atoms with van der Waals surface area (Å²) in [5, 5.41) is 4.10. The van der Waals surface area contributed by atoms with Gasteiger partial charge in [0.15, 0.2) is 6.61 Å². The summed E-state index contributed by atoms with van der Waals surface area (Å²) in [5.41, 5.74) is 6.38. The number of nitrogens with one attached hydrogen (secondary N) is 1. The maximum absolute atomic E-state index is 11.8. The average molecular weight is 375 g/mol. The van der Waals surface area contributed by atoms with E-state index in [0.29, 0.717) is 5.75 Å². The third kappa shape index (κ3) is 5.53. The highest BCUT2D eigenvalue weighted by atomic mass is 79.9. The van der Waals surface area contributed by atoms with Crippen molar-refractivity contribution in [2.45, 2.75) is 20.8 Å². The minimum absolute atomic E-state index is 0.0713. The van der Waals surface area contributed by atoms with Crippen molar-refractivity contribution in [2.75, 3.05) is 6.61 Å². The Labute approximate surface area is 144 Å². The van der Waals surface area contributed by atoms with Crippen molar-refractivity contribution in [1.82, 2.24) is 5.43 Å². The van der Waals surface area contributed by atoms with Gasteiger partial charge in [0.05, 0.1) is 5.71 Å². The summed E-state index contributed by atoms with van der Waals surface area (Å²) in [4.78, 5) is 11.8. The standard InChI is InChI=1S/C18H19BrN2O2/c1-12-7-13(2)9-17(8-12)23-11-18(22)21-20-14(3)15-5-4-6-16(19)10-15/h4-10H,11H2,1-3H3,(H,21,22)/b20-14-. The van der Waals surface area contributed by atoms with Gasteiger partial charge in [0.25, 0.3) is 5.91 Å². The third-order valence-electron chi connectivity index (χ3n) is 3.16. The predicted molar refractivity (Wildman–Crippen MR) is 95.9 cm³/mol. The Morgan fingerprint density at radius 2 is 1.87 bits per heavy atom. The number of benzene rings is 2. The van der Waals surface area contributed by atoms with Crippen molar-refractivity contribution in [3.63, 3.8) is 0 Å². The fourth-order valence-corrected chi connectivity index (χ4v) is 2.52. The lowest BCUT2D eigenvalue weighted by Gasteiger charge is -2.08. The van der Waals surface area contributed by atoms with Crippen LogP contribution in [0.5, 0.6) is 5.75 Å². The van der Waals surface area contributed by atoms with Crippen LogP contribution in [0.2, 0.25) is 0 Å². The fraction of sp³-hybridized carbons (Fsp3) is 0.222. The van der Waals surface area contributed by atoms with Gasteiger partial charge in [0.1, 0.15) is 5.75 Å². The van der Waals surface area contributed by atoms with Crippen LogP contribution >= 0.6 is 15.9 Å². The number of hydrazone groups is 1. The second-order valence-electron chi connectivity index (χ2n) is 5.35. The van der Waals surface area contributed by atoms with E-state index in [0.717, 1.165) is 26.9 Å². The Kier molecular flexibility index (Phi) is 5.93. The van der Waals surface area contributed by atoms with Gasteiger partial charge in [-0.15, -0.1) is 0 Å². The SMILES string of the molecule is C/C(=N/NC(=O)COc1cc(C)cc(C)c1)c1cccc(Br)c1. The molecule has 5 heteroatoms. The molecule has 0 fully saturated rings. The number of ether oxygens (including phenoxy) is 1. The number of carbonyl (C=O) groups excluding carboxylic acids is 1. The van der Waals surface area contributed by atoms with Gasteiger partial charge in [-0.3, -0.25) is 4.79 Å². The molecule has 0 bridgehead atoms.